The first kappa shape index (κ1) is 10.3. The van der Waals surface area contributed by atoms with Crippen LogP contribution in [0.5, 0.6) is 0 Å². The highest BCUT2D eigenvalue weighted by molar-refractivity contribution is 9.10. The van der Waals surface area contributed by atoms with Crippen molar-refractivity contribution in [2.24, 2.45) is 0 Å². The number of imidazole rings is 1. The lowest BCUT2D eigenvalue weighted by molar-refractivity contribution is 1.17. The van der Waals surface area contributed by atoms with Crippen LogP contribution in [-0.4, -0.2) is 16.4 Å². The second-order valence-corrected chi connectivity index (χ2v) is 3.38. The van der Waals surface area contributed by atoms with Crippen molar-refractivity contribution in [2.75, 3.05) is 12.4 Å². The third-order valence-corrected chi connectivity index (χ3v) is 2.22. The van der Waals surface area contributed by atoms with Gasteiger partial charge in [-0.05, 0) is 12.1 Å². The van der Waals surface area contributed by atoms with Crippen molar-refractivity contribution in [1.29, 1.82) is 0 Å². The molecule has 0 aliphatic heterocycles. The average Bonchev–Trinajstić information content (AvgIpc) is 2.46. The molecule has 0 aromatic carbocycles. The highest BCUT2D eigenvalue weighted by Crippen LogP contribution is 2.15. The highest BCUT2D eigenvalue weighted by Gasteiger charge is 1.99. The Morgan fingerprint density at radius 3 is 3.00 bits per heavy atom. The summed E-state index contributed by atoms with van der Waals surface area (Å²) < 4.78 is 3.04. The minimum Gasteiger partial charge on any atom is -0.373 e. The largest absolute Gasteiger partial charge is 0.373 e. The minimum atomic E-state index is 0. The van der Waals surface area contributed by atoms with Crippen LogP contribution in [0.2, 0.25) is 0 Å². The molecule has 0 saturated heterocycles. The summed E-state index contributed by atoms with van der Waals surface area (Å²) in [4.78, 5) is 4.22. The van der Waals surface area contributed by atoms with Crippen molar-refractivity contribution in [3.05, 3.63) is 29.0 Å². The zero-order valence-electron chi connectivity index (χ0n) is 6.99. The number of nitrogens with one attached hydrogen (secondary N) is 1. The second kappa shape index (κ2) is 3.98. The molecule has 0 saturated carbocycles. The van der Waals surface area contributed by atoms with Crippen LogP contribution in [0.1, 0.15) is 0 Å². The van der Waals surface area contributed by atoms with E-state index in [9.17, 15) is 0 Å². The third-order valence-electron chi connectivity index (χ3n) is 1.73. The Balaban J connectivity index is 0.000000845. The normalized spacial score (nSPS) is 9.69. The van der Waals surface area contributed by atoms with Crippen LogP contribution in [0.25, 0.3) is 5.65 Å². The van der Waals surface area contributed by atoms with Gasteiger partial charge in [0.25, 0.3) is 0 Å². The number of hydrogen-bond donors (Lipinski definition) is 1. The van der Waals surface area contributed by atoms with Gasteiger partial charge in [-0.1, -0.05) is 15.9 Å². The summed E-state index contributed by atoms with van der Waals surface area (Å²) in [6, 6.07) is 3.95. The van der Waals surface area contributed by atoms with Gasteiger partial charge in [0, 0.05) is 17.7 Å². The summed E-state index contributed by atoms with van der Waals surface area (Å²) in [7, 11) is 1.88. The lowest BCUT2D eigenvalue weighted by Crippen LogP contribution is -1.92. The van der Waals surface area contributed by atoms with E-state index in [0.717, 1.165) is 15.9 Å². The molecule has 0 bridgehead atoms. The average molecular weight is 263 g/mol. The van der Waals surface area contributed by atoms with E-state index in [0.29, 0.717) is 0 Å². The predicted molar refractivity (Wildman–Crippen MR) is 59.7 cm³/mol. The third kappa shape index (κ3) is 1.78. The van der Waals surface area contributed by atoms with E-state index < -0.39 is 0 Å². The number of hydrogen-bond acceptors (Lipinski definition) is 2. The van der Waals surface area contributed by atoms with Gasteiger partial charge >= 0.3 is 0 Å². The van der Waals surface area contributed by atoms with Gasteiger partial charge < -0.3 is 5.32 Å². The van der Waals surface area contributed by atoms with E-state index in [1.807, 2.05) is 36.0 Å². The molecule has 2 heterocycles. The number of anilines is 1. The van der Waals surface area contributed by atoms with Crippen LogP contribution in [0.4, 0.5) is 5.82 Å². The fourth-order valence-electron chi connectivity index (χ4n) is 1.14. The van der Waals surface area contributed by atoms with Gasteiger partial charge in [-0.25, -0.2) is 4.98 Å². The minimum absolute atomic E-state index is 0. The highest BCUT2D eigenvalue weighted by atomic mass is 79.9. The van der Waals surface area contributed by atoms with E-state index in [2.05, 4.69) is 26.2 Å². The molecule has 0 aliphatic rings. The zero-order valence-corrected chi connectivity index (χ0v) is 9.39. The molecule has 0 fully saturated rings. The molecule has 2 aromatic heterocycles. The van der Waals surface area contributed by atoms with Gasteiger partial charge in [-0.2, -0.15) is 0 Å². The zero-order chi connectivity index (χ0) is 8.55. The Morgan fingerprint density at radius 1 is 1.54 bits per heavy atom. The molecular formula is C8H9BrClN3. The first-order valence-corrected chi connectivity index (χ1v) is 4.41. The van der Waals surface area contributed by atoms with Crippen molar-refractivity contribution >= 4 is 39.8 Å². The fraction of sp³-hybridized carbons (Fsp3) is 0.125. The molecule has 0 spiro atoms. The molecule has 5 heteroatoms. The molecule has 1 N–H and O–H groups in total. The molecule has 0 radical (unpaired) electrons. The van der Waals surface area contributed by atoms with Crippen molar-refractivity contribution in [1.82, 2.24) is 9.38 Å². The molecule has 70 valence electrons. The molecule has 0 aliphatic carbocycles. The predicted octanol–water partition coefficient (Wildman–Crippen LogP) is 2.56. The van der Waals surface area contributed by atoms with E-state index in [4.69, 9.17) is 0 Å². The lowest BCUT2D eigenvalue weighted by Gasteiger charge is -1.98. The van der Waals surface area contributed by atoms with E-state index >= 15 is 0 Å². The van der Waals surface area contributed by atoms with Crippen LogP contribution in [0.15, 0.2) is 29.0 Å². The molecule has 2 aromatic rings. The summed E-state index contributed by atoms with van der Waals surface area (Å²) in [5, 5.41) is 3.05. The SMILES string of the molecule is CNc1cnc2cc(Br)ccn12.Cl. The molecule has 13 heavy (non-hydrogen) atoms. The summed E-state index contributed by atoms with van der Waals surface area (Å²) in [5.41, 5.74) is 0.939. The Morgan fingerprint density at radius 2 is 2.31 bits per heavy atom. The quantitative estimate of drug-likeness (QED) is 0.856. The van der Waals surface area contributed by atoms with Crippen molar-refractivity contribution in [2.45, 2.75) is 0 Å². The topological polar surface area (TPSA) is 29.3 Å². The lowest BCUT2D eigenvalue weighted by atomic mass is 10.5. The number of halogens is 2. The standard InChI is InChI=1S/C8H8BrN3.ClH/c1-10-8-5-11-7-4-6(9)2-3-12(7)8;/h2-5,10H,1H3;1H. The Kier molecular flexibility index (Phi) is 3.17. The number of nitrogens with zero attached hydrogens (tertiary/aromatic N) is 2. The number of aromatic nitrogens is 2. The summed E-state index contributed by atoms with van der Waals surface area (Å²) in [5.74, 6) is 0.998. The first-order chi connectivity index (χ1) is 5.81. The second-order valence-electron chi connectivity index (χ2n) is 2.47. The Hall–Kier alpha value is -0.740. The van der Waals surface area contributed by atoms with Crippen LogP contribution >= 0.6 is 28.3 Å². The maximum Gasteiger partial charge on any atom is 0.139 e. The van der Waals surface area contributed by atoms with Crippen molar-refractivity contribution < 1.29 is 0 Å². The monoisotopic (exact) mass is 261 g/mol. The number of pyridine rings is 1. The first-order valence-electron chi connectivity index (χ1n) is 3.61. The van der Waals surface area contributed by atoms with Crippen LogP contribution < -0.4 is 5.32 Å². The fourth-order valence-corrected chi connectivity index (χ4v) is 1.46. The maximum atomic E-state index is 4.22. The van der Waals surface area contributed by atoms with E-state index in [1.165, 1.54) is 0 Å². The van der Waals surface area contributed by atoms with Crippen LogP contribution in [-0.2, 0) is 0 Å². The van der Waals surface area contributed by atoms with Gasteiger partial charge in [0.1, 0.15) is 11.5 Å². The molecule has 2 rings (SSSR count). The van der Waals surface area contributed by atoms with Crippen molar-refractivity contribution in [3.63, 3.8) is 0 Å². The molecule has 0 amide bonds. The Labute approximate surface area is 90.7 Å². The van der Waals surface area contributed by atoms with E-state index in [1.54, 1.807) is 0 Å². The number of fused-ring (bicyclic) bond motifs is 1. The smallest absolute Gasteiger partial charge is 0.139 e. The summed E-state index contributed by atoms with van der Waals surface area (Å²) in [6.07, 6.45) is 3.78. The van der Waals surface area contributed by atoms with Crippen molar-refractivity contribution in [3.8, 4) is 0 Å². The van der Waals surface area contributed by atoms with Crippen LogP contribution in [0.3, 0.4) is 0 Å². The van der Waals surface area contributed by atoms with Gasteiger partial charge in [0.05, 0.1) is 6.20 Å². The van der Waals surface area contributed by atoms with E-state index in [-0.39, 0.29) is 12.4 Å². The van der Waals surface area contributed by atoms with Gasteiger partial charge in [0.15, 0.2) is 0 Å². The molecule has 0 atom stereocenters. The Bertz CT molecular complexity index is 413. The molecular weight excluding hydrogens is 253 g/mol. The maximum absolute atomic E-state index is 4.22. The van der Waals surface area contributed by atoms with Gasteiger partial charge in [-0.3, -0.25) is 4.40 Å². The molecule has 0 unspecified atom stereocenters. The van der Waals surface area contributed by atoms with Gasteiger partial charge in [-0.15, -0.1) is 12.4 Å². The summed E-state index contributed by atoms with van der Waals surface area (Å²) in [6.45, 7) is 0. The molecule has 3 nitrogen and oxygen atoms in total. The summed E-state index contributed by atoms with van der Waals surface area (Å²) >= 11 is 3.39. The number of rotatable bonds is 1. The van der Waals surface area contributed by atoms with Gasteiger partial charge in [0.2, 0.25) is 0 Å². The van der Waals surface area contributed by atoms with Crippen LogP contribution in [0, 0.1) is 0 Å².